The number of rotatable bonds is 5. The smallest absolute Gasteiger partial charge is 0.241 e. The molecule has 1 aromatic carbocycles. The molecule has 0 aliphatic carbocycles. The molecule has 1 amide bonds. The number of hydrogen-bond donors (Lipinski definition) is 2. The highest BCUT2D eigenvalue weighted by molar-refractivity contribution is 7.98. The molecule has 4 nitrogen and oxygen atoms in total. The van der Waals surface area contributed by atoms with E-state index in [1.54, 1.807) is 11.8 Å². The minimum absolute atomic E-state index is 0. The molecule has 1 aromatic rings. The van der Waals surface area contributed by atoms with E-state index >= 15 is 0 Å². The minimum Gasteiger partial charge on any atom is -0.330 e. The lowest BCUT2D eigenvalue weighted by Gasteiger charge is -2.26. The van der Waals surface area contributed by atoms with Crippen LogP contribution in [-0.2, 0) is 4.79 Å². The van der Waals surface area contributed by atoms with Gasteiger partial charge in [-0.15, -0.1) is 24.2 Å². The largest absolute Gasteiger partial charge is 0.330 e. The first-order valence-electron chi connectivity index (χ1n) is 7.36. The summed E-state index contributed by atoms with van der Waals surface area (Å²) in [6, 6.07) is 7.81. The Morgan fingerprint density at radius 3 is 2.59 bits per heavy atom. The number of thioether (sulfide) groups is 1. The van der Waals surface area contributed by atoms with Crippen LogP contribution in [0.2, 0.25) is 0 Å². The van der Waals surface area contributed by atoms with Gasteiger partial charge in [-0.2, -0.15) is 0 Å². The molecule has 124 valence electrons. The van der Waals surface area contributed by atoms with Crippen LogP contribution in [0.25, 0.3) is 0 Å². The Hall–Kier alpha value is -0.750. The van der Waals surface area contributed by atoms with Crippen LogP contribution in [0.15, 0.2) is 29.2 Å². The van der Waals surface area contributed by atoms with Crippen molar-refractivity contribution >= 4 is 35.8 Å². The van der Waals surface area contributed by atoms with Crippen molar-refractivity contribution < 1.29 is 4.79 Å². The summed E-state index contributed by atoms with van der Waals surface area (Å²) in [5, 5.41) is 2.99. The number of nitrogens with one attached hydrogen (secondary N) is 1. The maximum atomic E-state index is 12.4. The first kappa shape index (κ1) is 19.3. The summed E-state index contributed by atoms with van der Waals surface area (Å²) in [4.78, 5) is 15.8. The summed E-state index contributed by atoms with van der Waals surface area (Å²) in [5.74, 6) is 0.0492. The van der Waals surface area contributed by atoms with Gasteiger partial charge in [0.15, 0.2) is 0 Å². The predicted octanol–water partition coefficient (Wildman–Crippen LogP) is 2.83. The third-order valence-electron chi connectivity index (χ3n) is 4.36. The van der Waals surface area contributed by atoms with Gasteiger partial charge in [0.05, 0.1) is 6.04 Å². The number of likely N-dealkylation sites (tertiary alicyclic amines) is 1. The maximum Gasteiger partial charge on any atom is 0.241 e. The average molecular weight is 344 g/mol. The highest BCUT2D eigenvalue weighted by atomic mass is 35.5. The molecule has 0 radical (unpaired) electrons. The van der Waals surface area contributed by atoms with Gasteiger partial charge in [-0.3, -0.25) is 9.69 Å². The molecular weight excluding hydrogens is 318 g/mol. The number of carbonyl (C=O) groups is 1. The number of anilines is 1. The number of amides is 1. The number of carbonyl (C=O) groups excluding carboxylic acids is 1. The molecule has 1 heterocycles. The zero-order chi connectivity index (χ0) is 15.5. The van der Waals surface area contributed by atoms with Crippen LogP contribution in [0, 0.1) is 5.41 Å². The molecule has 1 aliphatic rings. The van der Waals surface area contributed by atoms with E-state index < -0.39 is 0 Å². The fraction of sp³-hybridized carbons (Fsp3) is 0.562. The molecule has 1 aliphatic heterocycles. The van der Waals surface area contributed by atoms with Gasteiger partial charge in [-0.1, -0.05) is 6.92 Å². The van der Waals surface area contributed by atoms with E-state index in [9.17, 15) is 4.79 Å². The maximum absolute atomic E-state index is 12.4. The third-order valence-corrected chi connectivity index (χ3v) is 5.11. The first-order chi connectivity index (χ1) is 9.97. The molecule has 0 saturated carbocycles. The summed E-state index contributed by atoms with van der Waals surface area (Å²) >= 11 is 1.69. The van der Waals surface area contributed by atoms with Crippen molar-refractivity contribution in [2.24, 2.45) is 11.1 Å². The second-order valence-electron chi connectivity index (χ2n) is 6.13. The van der Waals surface area contributed by atoms with Crippen molar-refractivity contribution in [1.29, 1.82) is 0 Å². The van der Waals surface area contributed by atoms with Gasteiger partial charge in [-0.25, -0.2) is 0 Å². The van der Waals surface area contributed by atoms with E-state index in [0.29, 0.717) is 6.54 Å². The third kappa shape index (κ3) is 4.62. The van der Waals surface area contributed by atoms with Gasteiger partial charge in [-0.05, 0) is 62.4 Å². The first-order valence-corrected chi connectivity index (χ1v) is 8.59. The van der Waals surface area contributed by atoms with Gasteiger partial charge >= 0.3 is 0 Å². The standard InChI is InChI=1S/C16H25N3OS.ClH/c1-12(19-9-8-16(2,10-17)11-19)15(20)18-13-4-6-14(21-3)7-5-13;/h4-7,12H,8-11,17H2,1-3H3,(H,18,20);1H. The molecule has 6 heteroatoms. The van der Waals surface area contributed by atoms with Crippen molar-refractivity contribution in [3.05, 3.63) is 24.3 Å². The van der Waals surface area contributed by atoms with Crippen molar-refractivity contribution in [3.63, 3.8) is 0 Å². The predicted molar refractivity (Wildman–Crippen MR) is 96.9 cm³/mol. The van der Waals surface area contributed by atoms with E-state index in [4.69, 9.17) is 5.73 Å². The summed E-state index contributed by atoms with van der Waals surface area (Å²) < 4.78 is 0. The van der Waals surface area contributed by atoms with Crippen LogP contribution in [0.1, 0.15) is 20.3 Å². The minimum atomic E-state index is -0.126. The van der Waals surface area contributed by atoms with Crippen LogP contribution in [-0.4, -0.2) is 42.7 Å². The van der Waals surface area contributed by atoms with Crippen molar-refractivity contribution in [1.82, 2.24) is 4.90 Å². The highest BCUT2D eigenvalue weighted by Gasteiger charge is 2.36. The summed E-state index contributed by atoms with van der Waals surface area (Å²) in [5.41, 5.74) is 6.83. The van der Waals surface area contributed by atoms with Gasteiger partial charge in [0.1, 0.15) is 0 Å². The van der Waals surface area contributed by atoms with Crippen LogP contribution in [0.5, 0.6) is 0 Å². The molecular formula is C16H26ClN3OS. The van der Waals surface area contributed by atoms with E-state index in [1.807, 2.05) is 37.4 Å². The van der Waals surface area contributed by atoms with E-state index in [2.05, 4.69) is 17.1 Å². The van der Waals surface area contributed by atoms with E-state index in [0.717, 1.165) is 25.2 Å². The normalized spacial score (nSPS) is 22.9. The second kappa shape index (κ2) is 8.20. The Morgan fingerprint density at radius 1 is 1.45 bits per heavy atom. The Kier molecular flexibility index (Phi) is 7.19. The second-order valence-corrected chi connectivity index (χ2v) is 7.01. The van der Waals surface area contributed by atoms with Crippen molar-refractivity contribution in [2.45, 2.75) is 31.2 Å². The molecule has 1 fully saturated rings. The Bertz CT molecular complexity index is 497. The number of hydrogen-bond acceptors (Lipinski definition) is 4. The van der Waals surface area contributed by atoms with Gasteiger partial charge in [0.25, 0.3) is 0 Å². The van der Waals surface area contributed by atoms with Crippen LogP contribution >= 0.6 is 24.2 Å². The molecule has 0 aromatic heterocycles. The van der Waals surface area contributed by atoms with Gasteiger partial charge < -0.3 is 11.1 Å². The fourth-order valence-electron chi connectivity index (χ4n) is 2.65. The van der Waals surface area contributed by atoms with Crippen LogP contribution < -0.4 is 11.1 Å². The van der Waals surface area contributed by atoms with E-state index in [1.165, 1.54) is 4.90 Å². The summed E-state index contributed by atoms with van der Waals surface area (Å²) in [6.07, 6.45) is 3.10. The van der Waals surface area contributed by atoms with Crippen molar-refractivity contribution in [2.75, 3.05) is 31.2 Å². The molecule has 1 saturated heterocycles. The number of nitrogens with zero attached hydrogens (tertiary/aromatic N) is 1. The average Bonchev–Trinajstić information content (AvgIpc) is 2.90. The topological polar surface area (TPSA) is 58.4 Å². The van der Waals surface area contributed by atoms with E-state index in [-0.39, 0.29) is 29.8 Å². The molecule has 2 unspecified atom stereocenters. The zero-order valence-corrected chi connectivity index (χ0v) is 15.1. The van der Waals surface area contributed by atoms with Gasteiger partial charge in [0.2, 0.25) is 5.91 Å². The fourth-order valence-corrected chi connectivity index (χ4v) is 3.05. The molecule has 2 atom stereocenters. The van der Waals surface area contributed by atoms with Gasteiger partial charge in [0, 0.05) is 17.1 Å². The molecule has 2 rings (SSSR count). The number of halogens is 1. The number of benzene rings is 1. The lowest BCUT2D eigenvalue weighted by Crippen LogP contribution is -2.42. The number of nitrogens with two attached hydrogens (primary N) is 1. The summed E-state index contributed by atoms with van der Waals surface area (Å²) in [7, 11) is 0. The monoisotopic (exact) mass is 343 g/mol. The highest BCUT2D eigenvalue weighted by Crippen LogP contribution is 2.30. The Labute approximate surface area is 143 Å². The molecule has 0 bridgehead atoms. The van der Waals surface area contributed by atoms with Crippen LogP contribution in [0.4, 0.5) is 5.69 Å². The lowest BCUT2D eigenvalue weighted by atomic mass is 9.90. The Balaban J connectivity index is 0.00000242. The lowest BCUT2D eigenvalue weighted by molar-refractivity contribution is -0.120. The molecule has 3 N–H and O–H groups in total. The Morgan fingerprint density at radius 2 is 2.09 bits per heavy atom. The molecule has 0 spiro atoms. The SMILES string of the molecule is CSc1ccc(NC(=O)C(C)N2CCC(C)(CN)C2)cc1.Cl. The van der Waals surface area contributed by atoms with Crippen LogP contribution in [0.3, 0.4) is 0 Å². The van der Waals surface area contributed by atoms with Crippen molar-refractivity contribution in [3.8, 4) is 0 Å². The summed E-state index contributed by atoms with van der Waals surface area (Å²) in [6.45, 7) is 6.66. The zero-order valence-electron chi connectivity index (χ0n) is 13.5. The molecule has 22 heavy (non-hydrogen) atoms. The quantitative estimate of drug-likeness (QED) is 0.807.